The van der Waals surface area contributed by atoms with Crippen LogP contribution in [-0.2, 0) is 0 Å². The van der Waals surface area contributed by atoms with Gasteiger partial charge in [-0.15, -0.1) is 0 Å². The van der Waals surface area contributed by atoms with E-state index < -0.39 is 0 Å². The van der Waals surface area contributed by atoms with Crippen molar-refractivity contribution in [3.8, 4) is 0 Å². The predicted molar refractivity (Wildman–Crippen MR) is 61.6 cm³/mol. The first-order valence-electron chi connectivity index (χ1n) is 4.80. The van der Waals surface area contributed by atoms with Gasteiger partial charge in [-0.2, -0.15) is 0 Å². The lowest BCUT2D eigenvalue weighted by atomic mass is 10.0. The molecule has 1 aromatic carbocycles. The molecule has 0 aliphatic heterocycles. The van der Waals surface area contributed by atoms with Crippen LogP contribution in [0.15, 0.2) is 33.7 Å². The summed E-state index contributed by atoms with van der Waals surface area (Å²) in [6, 6.07) is 5.07. The van der Waals surface area contributed by atoms with Crippen molar-refractivity contribution < 1.29 is 4.42 Å². The van der Waals surface area contributed by atoms with Crippen molar-refractivity contribution in [3.05, 3.63) is 45.3 Å². The lowest BCUT2D eigenvalue weighted by molar-refractivity contribution is 0.586. The molecule has 2 nitrogen and oxygen atoms in total. The normalized spacial score (nSPS) is 11.2. The van der Waals surface area contributed by atoms with Crippen molar-refractivity contribution in [2.75, 3.05) is 0 Å². The average Bonchev–Trinajstić information content (AvgIpc) is 2.19. The molecule has 0 unspecified atom stereocenters. The van der Waals surface area contributed by atoms with Gasteiger partial charge in [-0.25, -0.2) is 0 Å². The Labute approximate surface area is 92.5 Å². The molecule has 0 fully saturated rings. The minimum Gasteiger partial charge on any atom is -0.464 e. The van der Waals surface area contributed by atoms with Gasteiger partial charge < -0.3 is 4.42 Å². The largest absolute Gasteiger partial charge is 0.464 e. The van der Waals surface area contributed by atoms with Gasteiger partial charge in [-0.1, -0.05) is 25.4 Å². The third kappa shape index (κ3) is 1.77. The molecule has 0 amide bonds. The minimum atomic E-state index is 0.00810. The fourth-order valence-electron chi connectivity index (χ4n) is 1.52. The molecule has 2 aromatic rings. The summed E-state index contributed by atoms with van der Waals surface area (Å²) in [5.74, 6) is 0.157. The number of benzene rings is 1. The SMILES string of the molecule is CC(C)c1coc2ccc(Cl)cc2c1=O. The number of halogens is 1. The van der Waals surface area contributed by atoms with E-state index in [4.69, 9.17) is 16.0 Å². The second-order valence-corrected chi connectivity index (χ2v) is 4.25. The zero-order valence-electron chi connectivity index (χ0n) is 8.58. The Balaban J connectivity index is 2.83. The maximum absolute atomic E-state index is 12.0. The molecule has 0 spiro atoms. The molecule has 3 heteroatoms. The summed E-state index contributed by atoms with van der Waals surface area (Å²) in [4.78, 5) is 12.0. The van der Waals surface area contributed by atoms with E-state index in [1.807, 2.05) is 13.8 Å². The van der Waals surface area contributed by atoms with Crippen LogP contribution in [0.2, 0.25) is 5.02 Å². The molecule has 0 aliphatic carbocycles. The van der Waals surface area contributed by atoms with Gasteiger partial charge in [0.15, 0.2) is 5.43 Å². The Hall–Kier alpha value is -1.28. The highest BCUT2D eigenvalue weighted by atomic mass is 35.5. The Kier molecular flexibility index (Phi) is 2.53. The van der Waals surface area contributed by atoms with Crippen molar-refractivity contribution in [1.82, 2.24) is 0 Å². The summed E-state index contributed by atoms with van der Waals surface area (Å²) in [6.45, 7) is 3.92. The molecule has 0 N–H and O–H groups in total. The van der Waals surface area contributed by atoms with Crippen molar-refractivity contribution in [1.29, 1.82) is 0 Å². The molecule has 0 atom stereocenters. The standard InChI is InChI=1S/C12H11ClO2/c1-7(2)10-6-15-11-4-3-8(13)5-9(11)12(10)14/h3-7H,1-2H3. The minimum absolute atomic E-state index is 0.00810. The number of fused-ring (bicyclic) bond motifs is 1. The van der Waals surface area contributed by atoms with Gasteiger partial charge in [0.25, 0.3) is 0 Å². The van der Waals surface area contributed by atoms with Gasteiger partial charge in [0.1, 0.15) is 5.58 Å². The van der Waals surface area contributed by atoms with E-state index in [1.165, 1.54) is 6.26 Å². The highest BCUT2D eigenvalue weighted by Gasteiger charge is 2.09. The topological polar surface area (TPSA) is 30.2 Å². The summed E-state index contributed by atoms with van der Waals surface area (Å²) in [7, 11) is 0. The van der Waals surface area contributed by atoms with Gasteiger partial charge in [-0.05, 0) is 24.1 Å². The van der Waals surface area contributed by atoms with Crippen LogP contribution in [0.4, 0.5) is 0 Å². The average molecular weight is 223 g/mol. The summed E-state index contributed by atoms with van der Waals surface area (Å²) in [6.07, 6.45) is 1.53. The Morgan fingerprint density at radius 3 is 2.73 bits per heavy atom. The Bertz CT molecular complexity index is 555. The van der Waals surface area contributed by atoms with Crippen LogP contribution in [0.1, 0.15) is 25.3 Å². The zero-order chi connectivity index (χ0) is 11.0. The molecule has 78 valence electrons. The van der Waals surface area contributed by atoms with Crippen LogP contribution < -0.4 is 5.43 Å². The third-order valence-electron chi connectivity index (χ3n) is 2.38. The number of hydrogen-bond acceptors (Lipinski definition) is 2. The van der Waals surface area contributed by atoms with Crippen LogP contribution in [-0.4, -0.2) is 0 Å². The van der Waals surface area contributed by atoms with Crippen LogP contribution >= 0.6 is 11.6 Å². The number of hydrogen-bond donors (Lipinski definition) is 0. The van der Waals surface area contributed by atoms with E-state index in [0.29, 0.717) is 21.6 Å². The summed E-state index contributed by atoms with van der Waals surface area (Å²) in [5, 5.41) is 1.10. The Morgan fingerprint density at radius 1 is 1.33 bits per heavy atom. The molecule has 0 bridgehead atoms. The number of rotatable bonds is 1. The van der Waals surface area contributed by atoms with E-state index in [0.717, 1.165) is 0 Å². The van der Waals surface area contributed by atoms with E-state index in [1.54, 1.807) is 18.2 Å². The van der Waals surface area contributed by atoms with Crippen molar-refractivity contribution in [3.63, 3.8) is 0 Å². The molecule has 2 rings (SSSR count). The highest BCUT2D eigenvalue weighted by Crippen LogP contribution is 2.19. The molecule has 0 radical (unpaired) electrons. The summed E-state index contributed by atoms with van der Waals surface area (Å²) in [5.41, 5.74) is 1.27. The first-order chi connectivity index (χ1) is 7.09. The van der Waals surface area contributed by atoms with E-state index in [9.17, 15) is 4.79 Å². The molecule has 0 saturated heterocycles. The van der Waals surface area contributed by atoms with E-state index in [-0.39, 0.29) is 11.3 Å². The van der Waals surface area contributed by atoms with Crippen LogP contribution in [0.3, 0.4) is 0 Å². The lowest BCUT2D eigenvalue weighted by Gasteiger charge is -2.04. The van der Waals surface area contributed by atoms with Crippen molar-refractivity contribution in [2.24, 2.45) is 0 Å². The van der Waals surface area contributed by atoms with Crippen molar-refractivity contribution >= 4 is 22.6 Å². The monoisotopic (exact) mass is 222 g/mol. The maximum Gasteiger partial charge on any atom is 0.196 e. The molecule has 1 heterocycles. The fraction of sp³-hybridized carbons (Fsp3) is 0.250. The molecular formula is C12H11ClO2. The molecule has 15 heavy (non-hydrogen) atoms. The first kappa shape index (κ1) is 10.2. The smallest absolute Gasteiger partial charge is 0.196 e. The lowest BCUT2D eigenvalue weighted by Crippen LogP contribution is -2.09. The first-order valence-corrected chi connectivity index (χ1v) is 5.18. The van der Waals surface area contributed by atoms with Gasteiger partial charge in [0.05, 0.1) is 11.6 Å². The van der Waals surface area contributed by atoms with Crippen LogP contribution in [0.25, 0.3) is 11.0 Å². The van der Waals surface area contributed by atoms with E-state index >= 15 is 0 Å². The van der Waals surface area contributed by atoms with Crippen LogP contribution in [0, 0.1) is 0 Å². The van der Waals surface area contributed by atoms with Crippen molar-refractivity contribution in [2.45, 2.75) is 19.8 Å². The Morgan fingerprint density at radius 2 is 2.07 bits per heavy atom. The molecule has 1 aromatic heterocycles. The summed E-state index contributed by atoms with van der Waals surface area (Å²) >= 11 is 5.84. The van der Waals surface area contributed by atoms with Crippen LogP contribution in [0.5, 0.6) is 0 Å². The predicted octanol–water partition coefficient (Wildman–Crippen LogP) is 3.57. The maximum atomic E-state index is 12.0. The van der Waals surface area contributed by atoms with Gasteiger partial charge >= 0.3 is 0 Å². The fourth-order valence-corrected chi connectivity index (χ4v) is 1.69. The highest BCUT2D eigenvalue weighted by molar-refractivity contribution is 6.31. The van der Waals surface area contributed by atoms with E-state index in [2.05, 4.69) is 0 Å². The zero-order valence-corrected chi connectivity index (χ0v) is 9.34. The summed E-state index contributed by atoms with van der Waals surface area (Å²) < 4.78 is 5.38. The molecule has 0 saturated carbocycles. The van der Waals surface area contributed by atoms with Gasteiger partial charge in [0.2, 0.25) is 0 Å². The van der Waals surface area contributed by atoms with Gasteiger partial charge in [0, 0.05) is 10.6 Å². The van der Waals surface area contributed by atoms with Gasteiger partial charge in [-0.3, -0.25) is 4.79 Å². The third-order valence-corrected chi connectivity index (χ3v) is 2.62. The second kappa shape index (κ2) is 3.70. The second-order valence-electron chi connectivity index (χ2n) is 3.82. The molecule has 0 aliphatic rings. The quantitative estimate of drug-likeness (QED) is 0.739. The molecular weight excluding hydrogens is 212 g/mol.